The lowest BCUT2D eigenvalue weighted by molar-refractivity contribution is -0.141. The van der Waals surface area contributed by atoms with Gasteiger partial charge in [-0.25, -0.2) is 4.79 Å². The number of aliphatic carboxylic acids is 1. The molecule has 0 spiro atoms. The van der Waals surface area contributed by atoms with Crippen LogP contribution in [0.15, 0.2) is 10.2 Å². The van der Waals surface area contributed by atoms with Crippen molar-refractivity contribution >= 4 is 5.97 Å². The van der Waals surface area contributed by atoms with Crippen LogP contribution in [0.25, 0.3) is 0 Å². The van der Waals surface area contributed by atoms with E-state index < -0.39 is 11.6 Å². The van der Waals surface area contributed by atoms with Crippen LogP contribution in [-0.4, -0.2) is 16.7 Å². The number of rotatable bonds is 3. The van der Waals surface area contributed by atoms with Gasteiger partial charge in [-0.1, -0.05) is 6.92 Å². The van der Waals surface area contributed by atoms with Gasteiger partial charge in [-0.3, -0.25) is 0 Å². The first-order valence-corrected chi connectivity index (χ1v) is 3.18. The summed E-state index contributed by atoms with van der Waals surface area (Å²) in [5, 5.41) is 23.7. The molecule has 1 unspecified atom stereocenters. The Balaban J connectivity index is 2.60. The third-order valence-corrected chi connectivity index (χ3v) is 1.71. The lowest BCUT2D eigenvalue weighted by atomic mass is 9.96. The van der Waals surface area contributed by atoms with E-state index in [1.165, 1.54) is 0 Å². The second-order valence-electron chi connectivity index (χ2n) is 2.49. The first kappa shape index (κ1) is 7.66. The summed E-state index contributed by atoms with van der Waals surface area (Å²) in [7, 11) is 0. The van der Waals surface area contributed by atoms with E-state index in [1.54, 1.807) is 6.92 Å². The van der Waals surface area contributed by atoms with E-state index in [-0.39, 0.29) is 12.3 Å². The Morgan fingerprint density at radius 1 is 1.82 bits per heavy atom. The summed E-state index contributed by atoms with van der Waals surface area (Å²) in [6, 6.07) is 1.89. The topological polar surface area (TPSA) is 85.8 Å². The first-order valence-electron chi connectivity index (χ1n) is 3.18. The van der Waals surface area contributed by atoms with Gasteiger partial charge in [0.15, 0.2) is 0 Å². The quantitative estimate of drug-likeness (QED) is 0.650. The molecule has 0 saturated carbocycles. The van der Waals surface area contributed by atoms with Crippen LogP contribution in [-0.2, 0) is 4.79 Å². The third kappa shape index (κ3) is 1.07. The number of carbonyl (C=O) groups is 1. The van der Waals surface area contributed by atoms with E-state index >= 15 is 0 Å². The largest absolute Gasteiger partial charge is 0.478 e. The van der Waals surface area contributed by atoms with Crippen molar-refractivity contribution in [3.05, 3.63) is 0 Å². The molecular weight excluding hydrogens is 146 g/mol. The molecule has 58 valence electrons. The van der Waals surface area contributed by atoms with Crippen molar-refractivity contribution in [2.24, 2.45) is 16.1 Å². The summed E-state index contributed by atoms with van der Waals surface area (Å²) in [5.41, 5.74) is -1.30. The van der Waals surface area contributed by atoms with Crippen LogP contribution in [0, 0.1) is 17.2 Å². The fraction of sp³-hybridized carbons (Fsp3) is 0.667. The second kappa shape index (κ2) is 2.31. The predicted molar refractivity (Wildman–Crippen MR) is 34.6 cm³/mol. The van der Waals surface area contributed by atoms with Crippen molar-refractivity contribution in [2.75, 3.05) is 0 Å². The molecule has 0 bridgehead atoms. The van der Waals surface area contributed by atoms with Gasteiger partial charge in [0.25, 0.3) is 5.66 Å². The maximum Gasteiger partial charge on any atom is 0.358 e. The van der Waals surface area contributed by atoms with Crippen molar-refractivity contribution in [1.29, 1.82) is 5.26 Å². The smallest absolute Gasteiger partial charge is 0.358 e. The minimum absolute atomic E-state index is 0.166. The van der Waals surface area contributed by atoms with E-state index in [9.17, 15) is 4.79 Å². The number of hydrogen-bond donors (Lipinski definition) is 1. The van der Waals surface area contributed by atoms with E-state index in [4.69, 9.17) is 10.4 Å². The van der Waals surface area contributed by atoms with Gasteiger partial charge < -0.3 is 5.11 Å². The Kier molecular flexibility index (Phi) is 1.61. The highest BCUT2D eigenvalue weighted by Crippen LogP contribution is 2.37. The fourth-order valence-corrected chi connectivity index (χ4v) is 0.827. The van der Waals surface area contributed by atoms with Crippen molar-refractivity contribution in [2.45, 2.75) is 19.0 Å². The maximum atomic E-state index is 10.5. The van der Waals surface area contributed by atoms with Crippen LogP contribution < -0.4 is 0 Å². The Morgan fingerprint density at radius 2 is 2.36 bits per heavy atom. The van der Waals surface area contributed by atoms with Gasteiger partial charge in [0.1, 0.15) is 0 Å². The average Bonchev–Trinajstić information content (AvgIpc) is 2.66. The monoisotopic (exact) mass is 153 g/mol. The summed E-state index contributed by atoms with van der Waals surface area (Å²) in [6.45, 7) is 1.65. The zero-order chi connectivity index (χ0) is 8.48. The van der Waals surface area contributed by atoms with Gasteiger partial charge in [-0.2, -0.15) is 5.26 Å². The molecule has 5 nitrogen and oxygen atoms in total. The van der Waals surface area contributed by atoms with Crippen molar-refractivity contribution < 1.29 is 9.90 Å². The number of nitrogens with zero attached hydrogens (tertiary/aromatic N) is 3. The van der Waals surface area contributed by atoms with Gasteiger partial charge in [0.2, 0.25) is 0 Å². The van der Waals surface area contributed by atoms with Crippen molar-refractivity contribution in [1.82, 2.24) is 0 Å². The normalized spacial score (nSPS) is 20.4. The van der Waals surface area contributed by atoms with Crippen molar-refractivity contribution in [3.63, 3.8) is 0 Å². The zero-order valence-electron chi connectivity index (χ0n) is 5.98. The highest BCUT2D eigenvalue weighted by Gasteiger charge is 2.53. The average molecular weight is 153 g/mol. The van der Waals surface area contributed by atoms with Crippen LogP contribution in [0.3, 0.4) is 0 Å². The van der Waals surface area contributed by atoms with Gasteiger partial charge in [0.05, 0.1) is 6.07 Å². The Morgan fingerprint density at radius 3 is 2.64 bits per heavy atom. The minimum Gasteiger partial charge on any atom is -0.478 e. The maximum absolute atomic E-state index is 10.5. The van der Waals surface area contributed by atoms with Gasteiger partial charge in [-0.15, -0.1) is 10.2 Å². The molecule has 0 fully saturated rings. The van der Waals surface area contributed by atoms with E-state index in [1.807, 2.05) is 6.07 Å². The highest BCUT2D eigenvalue weighted by atomic mass is 16.4. The fourth-order valence-electron chi connectivity index (χ4n) is 0.827. The number of nitriles is 1. The summed E-state index contributed by atoms with van der Waals surface area (Å²) >= 11 is 0. The van der Waals surface area contributed by atoms with Gasteiger partial charge >= 0.3 is 5.97 Å². The van der Waals surface area contributed by atoms with Gasteiger partial charge in [-0.05, 0) is 0 Å². The third-order valence-electron chi connectivity index (χ3n) is 1.71. The summed E-state index contributed by atoms with van der Waals surface area (Å²) < 4.78 is 0. The van der Waals surface area contributed by atoms with Gasteiger partial charge in [0, 0.05) is 12.3 Å². The van der Waals surface area contributed by atoms with E-state index in [0.29, 0.717) is 0 Å². The molecule has 1 N–H and O–H groups in total. The standard InChI is InChI=1S/C6H7N3O2/c1-4(2-3-7)6(5(10)11)8-9-6/h4H,2H2,1H3,(H,10,11). The number of hydrogen-bond acceptors (Lipinski definition) is 4. The molecule has 11 heavy (non-hydrogen) atoms. The highest BCUT2D eigenvalue weighted by molar-refractivity contribution is 5.81. The Hall–Kier alpha value is -1.44. The van der Waals surface area contributed by atoms with Crippen molar-refractivity contribution in [3.8, 4) is 6.07 Å². The van der Waals surface area contributed by atoms with Crippen LogP contribution >= 0.6 is 0 Å². The molecule has 1 aliphatic rings. The zero-order valence-corrected chi connectivity index (χ0v) is 5.98. The van der Waals surface area contributed by atoms with Crippen LogP contribution in [0.1, 0.15) is 13.3 Å². The summed E-state index contributed by atoms with van der Waals surface area (Å²) in [5.74, 6) is -1.40. The number of carboxylic acids is 1. The van der Waals surface area contributed by atoms with E-state index in [0.717, 1.165) is 0 Å². The molecule has 1 heterocycles. The van der Waals surface area contributed by atoms with Crippen LogP contribution in [0.2, 0.25) is 0 Å². The molecule has 0 aromatic heterocycles. The molecule has 0 aliphatic carbocycles. The number of carboxylic acid groups (broad SMARTS) is 1. The first-order chi connectivity index (χ1) is 5.13. The molecule has 1 rings (SSSR count). The molecule has 5 heteroatoms. The lowest BCUT2D eigenvalue weighted by Crippen LogP contribution is -2.31. The minimum atomic E-state index is -1.30. The molecule has 1 aliphatic heterocycles. The molecule has 0 aromatic rings. The molecule has 0 amide bonds. The summed E-state index contributed by atoms with van der Waals surface area (Å²) in [6.07, 6.45) is 0.166. The lowest BCUT2D eigenvalue weighted by Gasteiger charge is -2.09. The summed E-state index contributed by atoms with van der Waals surface area (Å²) in [4.78, 5) is 10.5. The van der Waals surface area contributed by atoms with Crippen LogP contribution in [0.4, 0.5) is 0 Å². The Bertz CT molecular complexity index is 247. The molecule has 0 aromatic carbocycles. The van der Waals surface area contributed by atoms with Crippen LogP contribution in [0.5, 0.6) is 0 Å². The molecule has 1 atom stereocenters. The SMILES string of the molecule is CC(CC#N)C1(C(=O)O)N=N1. The second-order valence-corrected chi connectivity index (χ2v) is 2.49. The Labute approximate surface area is 63.4 Å². The molecule has 0 saturated heterocycles. The predicted octanol–water partition coefficient (Wildman–Crippen LogP) is 0.783. The molecular formula is C6H7N3O2. The molecule has 0 radical (unpaired) electrons. The van der Waals surface area contributed by atoms with E-state index in [2.05, 4.69) is 10.2 Å².